The highest BCUT2D eigenvalue weighted by Gasteiger charge is 2.40. The lowest BCUT2D eigenvalue weighted by Crippen LogP contribution is -2.63. The second kappa shape index (κ2) is 5.44. The van der Waals surface area contributed by atoms with Gasteiger partial charge in [-0.3, -0.25) is 9.59 Å². The Labute approximate surface area is 126 Å². The molecule has 1 heterocycles. The SMILES string of the molecule is COc1ccc(C(=O)N2CCNC(=O)C2(C)C)cc1Br. The van der Waals surface area contributed by atoms with Crippen molar-refractivity contribution in [3.8, 4) is 5.75 Å². The summed E-state index contributed by atoms with van der Waals surface area (Å²) in [5.74, 6) is 0.370. The molecule has 0 unspecified atom stereocenters. The van der Waals surface area contributed by atoms with Gasteiger partial charge in [-0.05, 0) is 48.0 Å². The summed E-state index contributed by atoms with van der Waals surface area (Å²) in [6.07, 6.45) is 0. The first-order valence-electron chi connectivity index (χ1n) is 6.31. The first kappa shape index (κ1) is 14.8. The third-order valence-corrected chi connectivity index (χ3v) is 4.12. The van der Waals surface area contributed by atoms with E-state index in [0.29, 0.717) is 28.9 Å². The second-order valence-electron chi connectivity index (χ2n) is 5.12. The van der Waals surface area contributed by atoms with Crippen molar-refractivity contribution in [2.45, 2.75) is 19.4 Å². The van der Waals surface area contributed by atoms with Gasteiger partial charge in [-0.25, -0.2) is 0 Å². The highest BCUT2D eigenvalue weighted by molar-refractivity contribution is 9.10. The number of methoxy groups -OCH3 is 1. The van der Waals surface area contributed by atoms with Crippen LogP contribution in [0.2, 0.25) is 0 Å². The molecule has 20 heavy (non-hydrogen) atoms. The van der Waals surface area contributed by atoms with Crippen LogP contribution in [0, 0.1) is 0 Å². The maximum atomic E-state index is 12.6. The summed E-state index contributed by atoms with van der Waals surface area (Å²) in [6, 6.07) is 5.15. The number of carbonyl (C=O) groups excluding carboxylic acids is 2. The fourth-order valence-corrected chi connectivity index (χ4v) is 2.75. The van der Waals surface area contributed by atoms with Gasteiger partial charge in [0.05, 0.1) is 11.6 Å². The van der Waals surface area contributed by atoms with Crippen molar-refractivity contribution in [1.29, 1.82) is 0 Å². The Hall–Kier alpha value is -1.56. The first-order valence-corrected chi connectivity index (χ1v) is 7.11. The van der Waals surface area contributed by atoms with Crippen LogP contribution in [-0.4, -0.2) is 42.5 Å². The van der Waals surface area contributed by atoms with Gasteiger partial charge in [-0.15, -0.1) is 0 Å². The average molecular weight is 341 g/mol. The van der Waals surface area contributed by atoms with Crippen LogP contribution in [0.1, 0.15) is 24.2 Å². The van der Waals surface area contributed by atoms with Gasteiger partial charge < -0.3 is 15.0 Å². The highest BCUT2D eigenvalue weighted by atomic mass is 79.9. The fraction of sp³-hybridized carbons (Fsp3) is 0.429. The quantitative estimate of drug-likeness (QED) is 0.893. The van der Waals surface area contributed by atoms with Crippen LogP contribution in [0.25, 0.3) is 0 Å². The molecule has 5 nitrogen and oxygen atoms in total. The number of piperazine rings is 1. The molecule has 0 saturated carbocycles. The molecule has 0 bridgehead atoms. The molecule has 1 aliphatic rings. The van der Waals surface area contributed by atoms with E-state index < -0.39 is 5.54 Å². The number of halogens is 1. The van der Waals surface area contributed by atoms with E-state index in [0.717, 1.165) is 0 Å². The summed E-state index contributed by atoms with van der Waals surface area (Å²) in [4.78, 5) is 26.1. The van der Waals surface area contributed by atoms with E-state index in [4.69, 9.17) is 4.74 Å². The standard InChI is InChI=1S/C14H17BrN2O3/c1-14(2)13(19)16-6-7-17(14)12(18)9-4-5-11(20-3)10(15)8-9/h4-5,8H,6-7H2,1-3H3,(H,16,19). The maximum absolute atomic E-state index is 12.6. The molecular formula is C14H17BrN2O3. The Kier molecular flexibility index (Phi) is 4.04. The Morgan fingerprint density at radius 3 is 2.75 bits per heavy atom. The van der Waals surface area contributed by atoms with E-state index in [1.54, 1.807) is 44.1 Å². The molecule has 6 heteroatoms. The molecule has 1 fully saturated rings. The number of benzene rings is 1. The Balaban J connectivity index is 2.31. The predicted octanol–water partition coefficient (Wildman–Crippen LogP) is 1.81. The molecule has 1 saturated heterocycles. The molecule has 0 atom stereocenters. The minimum Gasteiger partial charge on any atom is -0.496 e. The number of nitrogens with zero attached hydrogens (tertiary/aromatic N) is 1. The average Bonchev–Trinajstić information content (AvgIpc) is 2.41. The smallest absolute Gasteiger partial charge is 0.254 e. The van der Waals surface area contributed by atoms with Crippen LogP contribution < -0.4 is 10.1 Å². The zero-order valence-electron chi connectivity index (χ0n) is 11.7. The maximum Gasteiger partial charge on any atom is 0.254 e. The Bertz CT molecular complexity index is 557. The summed E-state index contributed by atoms with van der Waals surface area (Å²) in [6.45, 7) is 4.47. The first-order chi connectivity index (χ1) is 9.37. The molecule has 2 amide bonds. The number of rotatable bonds is 2. The summed E-state index contributed by atoms with van der Waals surface area (Å²) in [5, 5.41) is 2.78. The van der Waals surface area contributed by atoms with Crippen LogP contribution in [0.4, 0.5) is 0 Å². The molecule has 1 aliphatic heterocycles. The van der Waals surface area contributed by atoms with Gasteiger partial charge in [0.2, 0.25) is 5.91 Å². The van der Waals surface area contributed by atoms with Gasteiger partial charge in [-0.1, -0.05) is 0 Å². The highest BCUT2D eigenvalue weighted by Crippen LogP contribution is 2.27. The van der Waals surface area contributed by atoms with Crippen LogP contribution in [0.5, 0.6) is 5.75 Å². The molecule has 1 N–H and O–H groups in total. The number of hydrogen-bond acceptors (Lipinski definition) is 3. The minimum absolute atomic E-state index is 0.135. The van der Waals surface area contributed by atoms with E-state index in [1.807, 2.05) is 0 Å². The van der Waals surface area contributed by atoms with Crippen molar-refractivity contribution >= 4 is 27.7 Å². The summed E-state index contributed by atoms with van der Waals surface area (Å²) in [5.41, 5.74) is -0.317. The number of amides is 2. The number of hydrogen-bond donors (Lipinski definition) is 1. The van der Waals surface area contributed by atoms with Gasteiger partial charge >= 0.3 is 0 Å². The van der Waals surface area contributed by atoms with Crippen molar-refractivity contribution < 1.29 is 14.3 Å². The monoisotopic (exact) mass is 340 g/mol. The topological polar surface area (TPSA) is 58.6 Å². The second-order valence-corrected chi connectivity index (χ2v) is 5.98. The molecule has 1 aromatic rings. The van der Waals surface area contributed by atoms with Crippen LogP contribution in [-0.2, 0) is 4.79 Å². The Morgan fingerprint density at radius 2 is 2.15 bits per heavy atom. The van der Waals surface area contributed by atoms with Gasteiger partial charge in [-0.2, -0.15) is 0 Å². The molecule has 108 valence electrons. The van der Waals surface area contributed by atoms with E-state index in [2.05, 4.69) is 21.2 Å². The number of nitrogens with one attached hydrogen (secondary N) is 1. The lowest BCUT2D eigenvalue weighted by atomic mass is 9.97. The van der Waals surface area contributed by atoms with Crippen molar-refractivity contribution in [2.24, 2.45) is 0 Å². The van der Waals surface area contributed by atoms with E-state index >= 15 is 0 Å². The molecule has 0 radical (unpaired) electrons. The van der Waals surface area contributed by atoms with Crippen LogP contribution in [0.3, 0.4) is 0 Å². The zero-order valence-corrected chi connectivity index (χ0v) is 13.3. The molecule has 1 aromatic carbocycles. The van der Waals surface area contributed by atoms with Crippen LogP contribution >= 0.6 is 15.9 Å². The molecular weight excluding hydrogens is 324 g/mol. The fourth-order valence-electron chi connectivity index (χ4n) is 2.21. The van der Waals surface area contributed by atoms with E-state index in [1.165, 1.54) is 0 Å². The van der Waals surface area contributed by atoms with Gasteiger partial charge in [0.1, 0.15) is 11.3 Å². The number of carbonyl (C=O) groups is 2. The lowest BCUT2D eigenvalue weighted by Gasteiger charge is -2.41. The predicted molar refractivity (Wildman–Crippen MR) is 78.8 cm³/mol. The Morgan fingerprint density at radius 1 is 1.45 bits per heavy atom. The van der Waals surface area contributed by atoms with Crippen molar-refractivity contribution in [3.63, 3.8) is 0 Å². The van der Waals surface area contributed by atoms with Crippen LogP contribution in [0.15, 0.2) is 22.7 Å². The van der Waals surface area contributed by atoms with Gasteiger partial charge in [0.15, 0.2) is 0 Å². The summed E-state index contributed by atoms with van der Waals surface area (Å²) in [7, 11) is 1.57. The van der Waals surface area contributed by atoms with E-state index in [9.17, 15) is 9.59 Å². The van der Waals surface area contributed by atoms with Gasteiger partial charge in [0.25, 0.3) is 5.91 Å². The lowest BCUT2D eigenvalue weighted by molar-refractivity contribution is -0.133. The molecule has 0 aromatic heterocycles. The van der Waals surface area contributed by atoms with Gasteiger partial charge in [0, 0.05) is 18.7 Å². The molecule has 0 spiro atoms. The normalized spacial score (nSPS) is 17.6. The van der Waals surface area contributed by atoms with Crippen molar-refractivity contribution in [1.82, 2.24) is 10.2 Å². The van der Waals surface area contributed by atoms with E-state index in [-0.39, 0.29) is 11.8 Å². The summed E-state index contributed by atoms with van der Waals surface area (Å²) < 4.78 is 5.86. The largest absolute Gasteiger partial charge is 0.496 e. The minimum atomic E-state index is -0.845. The third kappa shape index (κ3) is 2.52. The number of ether oxygens (including phenoxy) is 1. The zero-order chi connectivity index (χ0) is 14.9. The third-order valence-electron chi connectivity index (χ3n) is 3.50. The molecule has 0 aliphatic carbocycles. The van der Waals surface area contributed by atoms with Crippen molar-refractivity contribution in [3.05, 3.63) is 28.2 Å². The summed E-state index contributed by atoms with van der Waals surface area (Å²) >= 11 is 3.36. The van der Waals surface area contributed by atoms with Crippen molar-refractivity contribution in [2.75, 3.05) is 20.2 Å². The molecule has 2 rings (SSSR count).